The van der Waals surface area contributed by atoms with Gasteiger partial charge in [-0.1, -0.05) is 29.3 Å². The van der Waals surface area contributed by atoms with E-state index >= 15 is 0 Å². The lowest BCUT2D eigenvalue weighted by Gasteiger charge is -2.36. The molecule has 150 valence electrons. The molecule has 1 fully saturated rings. The predicted octanol–water partition coefficient (Wildman–Crippen LogP) is 4.33. The number of hydrogen-bond donors (Lipinski definition) is 1. The second-order valence-electron chi connectivity index (χ2n) is 6.88. The lowest BCUT2D eigenvalue weighted by atomic mass is 10.1. The number of urea groups is 1. The molecule has 6 nitrogen and oxygen atoms in total. The number of carbonyl (C=O) groups excluding carboxylic acids is 1. The van der Waals surface area contributed by atoms with Crippen LogP contribution in [0, 0.1) is 13.8 Å². The molecule has 0 saturated carbocycles. The number of halogens is 1. The van der Waals surface area contributed by atoms with Gasteiger partial charge in [0, 0.05) is 37.9 Å². The summed E-state index contributed by atoms with van der Waals surface area (Å²) in [7, 11) is 3.08. The number of methoxy groups -OCH3 is 2. The molecular formula is C21H26ClN3O3. The molecule has 0 aliphatic carbocycles. The van der Waals surface area contributed by atoms with Crippen molar-refractivity contribution in [3.8, 4) is 11.5 Å². The molecule has 7 heteroatoms. The van der Waals surface area contributed by atoms with Crippen LogP contribution in [0.2, 0.25) is 5.02 Å². The molecule has 1 aliphatic rings. The van der Waals surface area contributed by atoms with E-state index in [4.69, 9.17) is 21.1 Å². The summed E-state index contributed by atoms with van der Waals surface area (Å²) in [6.07, 6.45) is 0. The van der Waals surface area contributed by atoms with Crippen LogP contribution in [0.4, 0.5) is 16.2 Å². The van der Waals surface area contributed by atoms with Gasteiger partial charge in [0.2, 0.25) is 0 Å². The van der Waals surface area contributed by atoms with Gasteiger partial charge in [-0.3, -0.25) is 0 Å². The molecule has 1 aliphatic heterocycles. The molecule has 0 radical (unpaired) electrons. The van der Waals surface area contributed by atoms with Gasteiger partial charge in [-0.25, -0.2) is 4.79 Å². The lowest BCUT2D eigenvalue weighted by Crippen LogP contribution is -2.50. The Kier molecular flexibility index (Phi) is 6.19. The zero-order chi connectivity index (χ0) is 20.3. The highest BCUT2D eigenvalue weighted by Crippen LogP contribution is 2.36. The number of rotatable bonds is 4. The minimum absolute atomic E-state index is 0.167. The Hall–Kier alpha value is -2.60. The van der Waals surface area contributed by atoms with E-state index < -0.39 is 0 Å². The molecule has 2 aromatic carbocycles. The zero-order valence-corrected chi connectivity index (χ0v) is 17.5. The van der Waals surface area contributed by atoms with E-state index in [0.717, 1.165) is 13.1 Å². The highest BCUT2D eigenvalue weighted by atomic mass is 35.5. The van der Waals surface area contributed by atoms with Gasteiger partial charge in [0.05, 0.1) is 24.9 Å². The number of amides is 2. The maximum absolute atomic E-state index is 12.7. The smallest absolute Gasteiger partial charge is 0.322 e. The summed E-state index contributed by atoms with van der Waals surface area (Å²) in [5, 5.41) is 3.32. The van der Waals surface area contributed by atoms with Gasteiger partial charge in [-0.15, -0.1) is 0 Å². The van der Waals surface area contributed by atoms with Crippen molar-refractivity contribution in [2.24, 2.45) is 0 Å². The maximum Gasteiger partial charge on any atom is 0.322 e. The van der Waals surface area contributed by atoms with Crippen molar-refractivity contribution in [1.29, 1.82) is 0 Å². The maximum atomic E-state index is 12.7. The lowest BCUT2D eigenvalue weighted by molar-refractivity contribution is 0.208. The van der Waals surface area contributed by atoms with Gasteiger partial charge in [-0.05, 0) is 31.5 Å². The van der Waals surface area contributed by atoms with Gasteiger partial charge in [0.25, 0.3) is 0 Å². The summed E-state index contributed by atoms with van der Waals surface area (Å²) in [6.45, 7) is 7.09. The average Bonchev–Trinajstić information content (AvgIpc) is 2.68. The minimum atomic E-state index is -0.167. The van der Waals surface area contributed by atoms with Crippen molar-refractivity contribution in [1.82, 2.24) is 4.90 Å². The number of nitrogens with one attached hydrogen (secondary N) is 1. The quantitative estimate of drug-likeness (QED) is 0.825. The Labute approximate surface area is 171 Å². The SMILES string of the molecule is COc1cc(OC)c(NC(=O)N2CCN(c3ccc(C)cc3C)CC2)cc1Cl. The molecule has 3 rings (SSSR count). The minimum Gasteiger partial charge on any atom is -0.495 e. The van der Waals surface area contributed by atoms with Gasteiger partial charge >= 0.3 is 6.03 Å². The standard InChI is InChI=1S/C21H26ClN3O3/c1-14-5-6-18(15(2)11-14)24-7-9-25(10-8-24)21(26)23-17-12-16(22)19(27-3)13-20(17)28-4/h5-6,11-13H,7-10H2,1-4H3,(H,23,26). The van der Waals surface area contributed by atoms with Gasteiger partial charge in [0.15, 0.2) is 0 Å². The second-order valence-corrected chi connectivity index (χ2v) is 7.29. The summed E-state index contributed by atoms with van der Waals surface area (Å²) >= 11 is 6.19. The Morgan fingerprint density at radius 3 is 2.29 bits per heavy atom. The number of nitrogens with zero attached hydrogens (tertiary/aromatic N) is 2. The third kappa shape index (κ3) is 4.28. The summed E-state index contributed by atoms with van der Waals surface area (Å²) in [5.41, 5.74) is 4.27. The van der Waals surface area contributed by atoms with Crippen LogP contribution in [0.5, 0.6) is 11.5 Å². The first-order valence-corrected chi connectivity index (χ1v) is 9.60. The Morgan fingerprint density at radius 2 is 1.68 bits per heavy atom. The molecule has 0 bridgehead atoms. The van der Waals surface area contributed by atoms with Crippen LogP contribution < -0.4 is 19.7 Å². The van der Waals surface area contributed by atoms with Gasteiger partial charge in [0.1, 0.15) is 11.5 Å². The van der Waals surface area contributed by atoms with E-state index in [1.165, 1.54) is 23.9 Å². The molecule has 0 aromatic heterocycles. The van der Waals surface area contributed by atoms with Crippen molar-refractivity contribution in [3.05, 3.63) is 46.5 Å². The third-order valence-electron chi connectivity index (χ3n) is 4.98. The predicted molar refractivity (Wildman–Crippen MR) is 113 cm³/mol. The number of aryl methyl sites for hydroxylation is 2. The van der Waals surface area contributed by atoms with Gasteiger partial charge < -0.3 is 24.6 Å². The fourth-order valence-corrected chi connectivity index (χ4v) is 3.70. The molecule has 1 N–H and O–H groups in total. The highest BCUT2D eigenvalue weighted by Gasteiger charge is 2.23. The van der Waals surface area contributed by atoms with Crippen molar-refractivity contribution in [3.63, 3.8) is 0 Å². The largest absolute Gasteiger partial charge is 0.495 e. The molecule has 0 atom stereocenters. The van der Waals surface area contributed by atoms with Crippen molar-refractivity contribution >= 4 is 29.0 Å². The normalized spacial score (nSPS) is 14.0. The Balaban J connectivity index is 1.65. The number of ether oxygens (including phenoxy) is 2. The zero-order valence-electron chi connectivity index (χ0n) is 16.7. The molecule has 1 saturated heterocycles. The van der Waals surface area contributed by atoms with E-state index in [2.05, 4.69) is 42.3 Å². The number of hydrogen-bond acceptors (Lipinski definition) is 4. The van der Waals surface area contributed by atoms with Crippen LogP contribution in [-0.2, 0) is 0 Å². The molecule has 1 heterocycles. The van der Waals surface area contributed by atoms with Gasteiger partial charge in [-0.2, -0.15) is 0 Å². The van der Waals surface area contributed by atoms with Crippen molar-refractivity contribution in [2.45, 2.75) is 13.8 Å². The van der Waals surface area contributed by atoms with Crippen LogP contribution >= 0.6 is 11.6 Å². The molecule has 2 amide bonds. The average molecular weight is 404 g/mol. The number of anilines is 2. The third-order valence-corrected chi connectivity index (χ3v) is 5.27. The number of carbonyl (C=O) groups is 1. The topological polar surface area (TPSA) is 54.0 Å². The van der Waals surface area contributed by atoms with E-state index in [0.29, 0.717) is 35.3 Å². The van der Waals surface area contributed by atoms with Crippen LogP contribution in [-0.4, -0.2) is 51.3 Å². The van der Waals surface area contributed by atoms with Crippen LogP contribution in [0.1, 0.15) is 11.1 Å². The number of benzene rings is 2. The highest BCUT2D eigenvalue weighted by molar-refractivity contribution is 6.32. The Morgan fingerprint density at radius 1 is 1.00 bits per heavy atom. The summed E-state index contributed by atoms with van der Waals surface area (Å²) < 4.78 is 10.5. The van der Waals surface area contributed by atoms with Crippen molar-refractivity contribution < 1.29 is 14.3 Å². The molecule has 0 unspecified atom stereocenters. The van der Waals surface area contributed by atoms with E-state index in [1.807, 2.05) is 0 Å². The Bertz CT molecular complexity index is 864. The molecule has 2 aromatic rings. The fourth-order valence-electron chi connectivity index (χ4n) is 3.46. The van der Waals surface area contributed by atoms with E-state index in [1.54, 1.807) is 24.1 Å². The molecule has 0 spiro atoms. The first-order chi connectivity index (χ1) is 13.4. The summed E-state index contributed by atoms with van der Waals surface area (Å²) in [4.78, 5) is 16.8. The molecular weight excluding hydrogens is 378 g/mol. The first-order valence-electron chi connectivity index (χ1n) is 9.22. The summed E-state index contributed by atoms with van der Waals surface area (Å²) in [6, 6.07) is 9.61. The van der Waals surface area contributed by atoms with Crippen molar-refractivity contribution in [2.75, 3.05) is 50.6 Å². The molecule has 28 heavy (non-hydrogen) atoms. The van der Waals surface area contributed by atoms with Crippen LogP contribution in [0.25, 0.3) is 0 Å². The van der Waals surface area contributed by atoms with Crippen LogP contribution in [0.15, 0.2) is 30.3 Å². The summed E-state index contributed by atoms with van der Waals surface area (Å²) in [5.74, 6) is 1.00. The fraction of sp³-hybridized carbons (Fsp3) is 0.381. The number of piperazine rings is 1. The van der Waals surface area contributed by atoms with E-state index in [9.17, 15) is 4.79 Å². The second kappa shape index (κ2) is 8.61. The van der Waals surface area contributed by atoms with E-state index in [-0.39, 0.29) is 6.03 Å². The van der Waals surface area contributed by atoms with Crippen LogP contribution in [0.3, 0.4) is 0 Å². The monoisotopic (exact) mass is 403 g/mol. The first kappa shape index (κ1) is 20.1.